The van der Waals surface area contributed by atoms with Crippen molar-refractivity contribution in [3.8, 4) is 0 Å². The summed E-state index contributed by atoms with van der Waals surface area (Å²) in [7, 11) is 0. The van der Waals surface area contributed by atoms with Crippen LogP contribution in [0, 0.1) is 19.8 Å². The number of nitrogens with zero attached hydrogens (tertiary/aromatic N) is 1. The normalized spacial score (nSPS) is 16.6. The molecule has 1 saturated heterocycles. The zero-order valence-corrected chi connectivity index (χ0v) is 14.6. The van der Waals surface area contributed by atoms with Crippen LogP contribution in [0.25, 0.3) is 0 Å². The molecule has 1 aliphatic heterocycles. The van der Waals surface area contributed by atoms with Gasteiger partial charge in [0, 0.05) is 24.3 Å². The van der Waals surface area contributed by atoms with Gasteiger partial charge in [-0.2, -0.15) is 0 Å². The number of rotatable bonds is 4. The smallest absolute Gasteiger partial charge is 0.229 e. The number of carboxylic acid groups (broad SMARTS) is 1. The minimum absolute atomic E-state index is 0.0116. The molecular weight excluding hydrogens is 332 g/mol. The van der Waals surface area contributed by atoms with E-state index in [0.717, 1.165) is 16.8 Å². The van der Waals surface area contributed by atoms with Crippen LogP contribution in [0.5, 0.6) is 0 Å². The fraction of sp³-hybridized carbons (Fsp3) is 0.250. The lowest BCUT2D eigenvalue weighted by atomic mass is 10.1. The number of benzene rings is 2. The van der Waals surface area contributed by atoms with Gasteiger partial charge in [0.05, 0.1) is 11.9 Å². The zero-order valence-electron chi connectivity index (χ0n) is 14.6. The molecule has 1 heterocycles. The van der Waals surface area contributed by atoms with Gasteiger partial charge in [0.25, 0.3) is 0 Å². The fourth-order valence-corrected chi connectivity index (χ4v) is 3.30. The van der Waals surface area contributed by atoms with E-state index in [4.69, 9.17) is 0 Å². The maximum Gasteiger partial charge on any atom is 0.229 e. The van der Waals surface area contributed by atoms with Crippen molar-refractivity contribution in [3.05, 3.63) is 59.2 Å². The van der Waals surface area contributed by atoms with Gasteiger partial charge >= 0.3 is 0 Å². The van der Waals surface area contributed by atoms with E-state index in [1.807, 2.05) is 32.0 Å². The van der Waals surface area contributed by atoms with Gasteiger partial charge in [-0.05, 0) is 42.7 Å². The standard InChI is InChI=1S/C20H20N2O4/c1-12-5-3-6-13(2)18(12)22-11-15(10-17(22)23)19(24)21-16-8-4-7-14(9-16)20(25)26/h3-9,15H,10-11H2,1-2H3,(H,21,24)(H,25,26)/p-1/t15-/m1/s1. The molecule has 6 nitrogen and oxygen atoms in total. The SMILES string of the molecule is Cc1cccc(C)c1N1C[C@H](C(=O)Nc2cccc(C(=O)[O-])c2)CC1=O. The topological polar surface area (TPSA) is 89.5 Å². The lowest BCUT2D eigenvalue weighted by Gasteiger charge is -2.21. The van der Waals surface area contributed by atoms with Gasteiger partial charge in [-0.3, -0.25) is 9.59 Å². The number of nitrogens with one attached hydrogen (secondary N) is 1. The monoisotopic (exact) mass is 351 g/mol. The van der Waals surface area contributed by atoms with E-state index < -0.39 is 11.9 Å². The van der Waals surface area contributed by atoms with Gasteiger partial charge in [-0.15, -0.1) is 0 Å². The van der Waals surface area contributed by atoms with Crippen molar-refractivity contribution in [2.24, 2.45) is 5.92 Å². The molecule has 1 aliphatic rings. The van der Waals surface area contributed by atoms with E-state index in [0.29, 0.717) is 12.2 Å². The highest BCUT2D eigenvalue weighted by atomic mass is 16.4. The highest BCUT2D eigenvalue weighted by Gasteiger charge is 2.36. The van der Waals surface area contributed by atoms with E-state index in [2.05, 4.69) is 5.32 Å². The Balaban J connectivity index is 1.75. The largest absolute Gasteiger partial charge is 0.545 e. The summed E-state index contributed by atoms with van der Waals surface area (Å²) in [5.41, 5.74) is 3.19. The summed E-state index contributed by atoms with van der Waals surface area (Å²) < 4.78 is 0. The lowest BCUT2D eigenvalue weighted by Crippen LogP contribution is -2.29. The molecule has 0 spiro atoms. The third kappa shape index (κ3) is 3.44. The van der Waals surface area contributed by atoms with Crippen molar-refractivity contribution in [3.63, 3.8) is 0 Å². The molecule has 1 atom stereocenters. The van der Waals surface area contributed by atoms with Crippen molar-refractivity contribution >= 4 is 29.2 Å². The minimum atomic E-state index is -1.31. The first kappa shape index (κ1) is 17.7. The van der Waals surface area contributed by atoms with Crippen LogP contribution in [0.1, 0.15) is 27.9 Å². The quantitative estimate of drug-likeness (QED) is 0.907. The first-order valence-corrected chi connectivity index (χ1v) is 8.35. The third-order valence-corrected chi connectivity index (χ3v) is 4.57. The summed E-state index contributed by atoms with van der Waals surface area (Å²) in [6.45, 7) is 4.18. The Kier molecular flexibility index (Phi) is 4.75. The number of carboxylic acids is 1. The molecule has 0 saturated carbocycles. The Labute approximate surface area is 151 Å². The van der Waals surface area contributed by atoms with E-state index in [9.17, 15) is 19.5 Å². The molecule has 1 N–H and O–H groups in total. The number of carbonyl (C=O) groups excluding carboxylic acids is 3. The molecule has 2 amide bonds. The number of para-hydroxylation sites is 1. The van der Waals surface area contributed by atoms with Crippen LogP contribution >= 0.6 is 0 Å². The average Bonchev–Trinajstić information content (AvgIpc) is 2.97. The Hall–Kier alpha value is -3.15. The molecule has 0 bridgehead atoms. The van der Waals surface area contributed by atoms with Crippen molar-refractivity contribution in [1.29, 1.82) is 0 Å². The van der Waals surface area contributed by atoms with Gasteiger partial charge < -0.3 is 20.1 Å². The number of carbonyl (C=O) groups is 3. The van der Waals surface area contributed by atoms with E-state index in [1.54, 1.807) is 11.0 Å². The molecule has 134 valence electrons. The van der Waals surface area contributed by atoms with Gasteiger partial charge in [0.1, 0.15) is 0 Å². The van der Waals surface area contributed by atoms with Gasteiger partial charge in [0.15, 0.2) is 0 Å². The number of aryl methyl sites for hydroxylation is 2. The second-order valence-corrected chi connectivity index (χ2v) is 6.50. The molecule has 2 aromatic carbocycles. The molecule has 26 heavy (non-hydrogen) atoms. The first-order valence-electron chi connectivity index (χ1n) is 8.35. The predicted molar refractivity (Wildman–Crippen MR) is 95.8 cm³/mol. The maximum atomic E-state index is 12.5. The molecule has 1 fully saturated rings. The lowest BCUT2D eigenvalue weighted by molar-refractivity contribution is -0.255. The first-order chi connectivity index (χ1) is 12.4. The Morgan fingerprint density at radius 3 is 2.42 bits per heavy atom. The van der Waals surface area contributed by atoms with Crippen molar-refractivity contribution in [2.75, 3.05) is 16.8 Å². The Morgan fingerprint density at radius 1 is 1.12 bits per heavy atom. The predicted octanol–water partition coefficient (Wildman–Crippen LogP) is 1.66. The summed E-state index contributed by atoms with van der Waals surface area (Å²) in [5.74, 6) is -2.19. The van der Waals surface area contributed by atoms with Crippen LogP contribution in [0.15, 0.2) is 42.5 Å². The van der Waals surface area contributed by atoms with Crippen LogP contribution in [0.4, 0.5) is 11.4 Å². The van der Waals surface area contributed by atoms with Crippen LogP contribution in [-0.4, -0.2) is 24.3 Å². The number of aromatic carboxylic acids is 1. The summed E-state index contributed by atoms with van der Waals surface area (Å²) in [6.07, 6.45) is 0.125. The number of hydrogen-bond donors (Lipinski definition) is 1. The van der Waals surface area contributed by atoms with E-state index in [-0.39, 0.29) is 23.8 Å². The summed E-state index contributed by atoms with van der Waals surface area (Å²) in [6, 6.07) is 11.7. The summed E-state index contributed by atoms with van der Waals surface area (Å²) in [5, 5.41) is 13.6. The minimum Gasteiger partial charge on any atom is -0.545 e. The second-order valence-electron chi connectivity index (χ2n) is 6.50. The summed E-state index contributed by atoms with van der Waals surface area (Å²) in [4.78, 5) is 37.6. The van der Waals surface area contributed by atoms with Crippen molar-refractivity contribution in [2.45, 2.75) is 20.3 Å². The van der Waals surface area contributed by atoms with Gasteiger partial charge in [-0.25, -0.2) is 0 Å². The molecule has 0 unspecified atom stereocenters. The van der Waals surface area contributed by atoms with Gasteiger partial charge in [0.2, 0.25) is 11.8 Å². The fourth-order valence-electron chi connectivity index (χ4n) is 3.30. The maximum absolute atomic E-state index is 12.5. The third-order valence-electron chi connectivity index (χ3n) is 4.57. The van der Waals surface area contributed by atoms with Crippen LogP contribution in [-0.2, 0) is 9.59 Å². The van der Waals surface area contributed by atoms with Crippen molar-refractivity contribution < 1.29 is 19.5 Å². The molecule has 6 heteroatoms. The molecule has 0 aliphatic carbocycles. The van der Waals surface area contributed by atoms with Crippen LogP contribution in [0.3, 0.4) is 0 Å². The highest BCUT2D eigenvalue weighted by Crippen LogP contribution is 2.31. The molecule has 3 rings (SSSR count). The molecule has 2 aromatic rings. The molecule has 0 aromatic heterocycles. The van der Waals surface area contributed by atoms with E-state index >= 15 is 0 Å². The van der Waals surface area contributed by atoms with Crippen LogP contribution in [0.2, 0.25) is 0 Å². The Bertz CT molecular complexity index is 871. The van der Waals surface area contributed by atoms with E-state index in [1.165, 1.54) is 18.2 Å². The number of hydrogen-bond acceptors (Lipinski definition) is 4. The summed E-state index contributed by atoms with van der Waals surface area (Å²) >= 11 is 0. The zero-order chi connectivity index (χ0) is 18.8. The number of amides is 2. The van der Waals surface area contributed by atoms with Crippen molar-refractivity contribution in [1.82, 2.24) is 0 Å². The van der Waals surface area contributed by atoms with Crippen LogP contribution < -0.4 is 15.3 Å². The molecule has 0 radical (unpaired) electrons. The number of anilines is 2. The average molecular weight is 351 g/mol. The second kappa shape index (κ2) is 7.00. The molecular formula is C20H19N2O4-. The highest BCUT2D eigenvalue weighted by molar-refractivity contribution is 6.04. The van der Waals surface area contributed by atoms with Gasteiger partial charge in [-0.1, -0.05) is 30.3 Å². The Morgan fingerprint density at radius 2 is 1.77 bits per heavy atom.